The van der Waals surface area contributed by atoms with Crippen molar-refractivity contribution in [3.63, 3.8) is 0 Å². The molecule has 0 amide bonds. The minimum absolute atomic E-state index is 0. The molecule has 6 aliphatic rings. The molecule has 6 saturated heterocycles. The van der Waals surface area contributed by atoms with Gasteiger partial charge in [0.2, 0.25) is 0 Å². The van der Waals surface area contributed by atoms with E-state index in [1.165, 1.54) is 74.2 Å². The molecule has 0 aliphatic carbocycles. The number of halogens is 2. The monoisotopic (exact) mass is 532 g/mol. The highest BCUT2D eigenvalue weighted by molar-refractivity contribution is 4.73. The van der Waals surface area contributed by atoms with Crippen LogP contribution in [0.4, 0.5) is 0 Å². The van der Waals surface area contributed by atoms with E-state index in [1.54, 1.807) is 38.5 Å². The third-order valence-electron chi connectivity index (χ3n) is 7.59. The Bertz CT molecular complexity index is 283. The standard InChI is InChI=1S/C18H34N2.2HI/c1(9-19-11-3-17(4-12-19)5-13-19)2-10-20-14-6-18(7-15-20)8-16-20;;/h17-18H,1-16H2;2*1H/q+2;;/p-2. The van der Waals surface area contributed by atoms with Gasteiger partial charge < -0.3 is 56.9 Å². The molecule has 0 saturated carbocycles. The molecule has 4 bridgehead atoms. The van der Waals surface area contributed by atoms with Gasteiger partial charge in [0.15, 0.2) is 0 Å². The van der Waals surface area contributed by atoms with Crippen LogP contribution >= 0.6 is 0 Å². The molecule has 6 rings (SSSR count). The average Bonchev–Trinajstić information content (AvgIpc) is 2.55. The minimum Gasteiger partial charge on any atom is -1.00 e. The maximum atomic E-state index is 1.54. The molecule has 0 spiro atoms. The van der Waals surface area contributed by atoms with Crippen LogP contribution in [0.3, 0.4) is 0 Å². The van der Waals surface area contributed by atoms with Crippen LogP contribution in [0.1, 0.15) is 51.4 Å². The van der Waals surface area contributed by atoms with E-state index in [0.717, 1.165) is 11.8 Å². The van der Waals surface area contributed by atoms with E-state index in [1.807, 2.05) is 0 Å². The first-order valence-corrected chi connectivity index (χ1v) is 9.48. The maximum absolute atomic E-state index is 1.54. The molecule has 130 valence electrons. The van der Waals surface area contributed by atoms with Crippen molar-refractivity contribution in [1.29, 1.82) is 0 Å². The SMILES string of the molecule is C(CC[N+]12CCC(CC1)CC2)C[N+]12CCC(CC1)CC2.[I-].[I-]. The van der Waals surface area contributed by atoms with Crippen molar-refractivity contribution in [2.75, 3.05) is 52.4 Å². The quantitative estimate of drug-likeness (QED) is 0.202. The van der Waals surface area contributed by atoms with Crippen LogP contribution in [0.2, 0.25) is 0 Å². The molecule has 0 aromatic rings. The predicted molar refractivity (Wildman–Crippen MR) is 83.4 cm³/mol. The second-order valence-corrected chi connectivity index (χ2v) is 8.64. The van der Waals surface area contributed by atoms with E-state index in [9.17, 15) is 0 Å². The summed E-state index contributed by atoms with van der Waals surface area (Å²) in [6, 6.07) is 0. The number of hydrogen-bond acceptors (Lipinski definition) is 0. The van der Waals surface area contributed by atoms with Crippen LogP contribution in [0.15, 0.2) is 0 Å². The fourth-order valence-corrected chi connectivity index (χ4v) is 5.84. The van der Waals surface area contributed by atoms with Gasteiger partial charge in [0.25, 0.3) is 0 Å². The molecule has 6 fully saturated rings. The molecule has 0 radical (unpaired) electrons. The lowest BCUT2D eigenvalue weighted by Gasteiger charge is -2.50. The maximum Gasteiger partial charge on any atom is 0.0789 e. The summed E-state index contributed by atoms with van der Waals surface area (Å²) in [7, 11) is 0. The largest absolute Gasteiger partial charge is 1.00 e. The summed E-state index contributed by atoms with van der Waals surface area (Å²) in [4.78, 5) is 0. The third kappa shape index (κ3) is 4.13. The van der Waals surface area contributed by atoms with Crippen molar-refractivity contribution < 1.29 is 56.9 Å². The summed E-state index contributed by atoms with van der Waals surface area (Å²) in [5.74, 6) is 2.23. The lowest BCUT2D eigenvalue weighted by atomic mass is 9.85. The number of unbranched alkanes of at least 4 members (excludes halogenated alkanes) is 1. The zero-order chi connectivity index (χ0) is 13.5. The van der Waals surface area contributed by atoms with E-state index in [0.29, 0.717) is 0 Å². The third-order valence-corrected chi connectivity index (χ3v) is 7.59. The fourth-order valence-electron chi connectivity index (χ4n) is 5.84. The highest BCUT2D eigenvalue weighted by atomic mass is 127. The van der Waals surface area contributed by atoms with E-state index >= 15 is 0 Å². The van der Waals surface area contributed by atoms with E-state index in [4.69, 9.17) is 0 Å². The summed E-state index contributed by atoms with van der Waals surface area (Å²) in [5.41, 5.74) is 0. The van der Waals surface area contributed by atoms with Gasteiger partial charge in [0, 0.05) is 12.8 Å². The average molecular weight is 532 g/mol. The minimum atomic E-state index is 0. The number of rotatable bonds is 5. The van der Waals surface area contributed by atoms with Gasteiger partial charge in [-0.25, -0.2) is 0 Å². The molecule has 0 aromatic heterocycles. The molecule has 22 heavy (non-hydrogen) atoms. The Labute approximate surface area is 171 Å². The topological polar surface area (TPSA) is 0 Å². The van der Waals surface area contributed by atoms with Gasteiger partial charge >= 0.3 is 0 Å². The molecule has 2 nitrogen and oxygen atoms in total. The van der Waals surface area contributed by atoms with Crippen LogP contribution in [-0.4, -0.2) is 61.3 Å². The highest BCUT2D eigenvalue weighted by Gasteiger charge is 2.41. The Morgan fingerprint density at radius 1 is 0.500 bits per heavy atom. The van der Waals surface area contributed by atoms with Gasteiger partial charge in [-0.2, -0.15) is 0 Å². The summed E-state index contributed by atoms with van der Waals surface area (Å²) in [6.07, 6.45) is 12.3. The van der Waals surface area contributed by atoms with Gasteiger partial charge in [0.05, 0.1) is 52.4 Å². The number of nitrogens with zero attached hydrogens (tertiary/aromatic N) is 2. The van der Waals surface area contributed by atoms with Crippen molar-refractivity contribution in [3.05, 3.63) is 0 Å². The molecule has 0 N–H and O–H groups in total. The Balaban J connectivity index is 0.000000882. The van der Waals surface area contributed by atoms with Crippen LogP contribution in [0.25, 0.3) is 0 Å². The number of piperidine rings is 6. The Hall–Kier alpha value is 1.38. The summed E-state index contributed by atoms with van der Waals surface area (Å²) in [6.45, 7) is 12.1. The van der Waals surface area contributed by atoms with Gasteiger partial charge in [-0.3, -0.25) is 0 Å². The molecule has 0 unspecified atom stereocenters. The predicted octanol–water partition coefficient (Wildman–Crippen LogP) is -2.96. The zero-order valence-electron chi connectivity index (χ0n) is 14.1. The number of quaternary nitrogens is 2. The van der Waals surface area contributed by atoms with Crippen molar-refractivity contribution >= 4 is 0 Å². The first kappa shape index (κ1) is 19.7. The number of fused-ring (bicyclic) bond motifs is 6. The molecule has 0 aromatic carbocycles. The van der Waals surface area contributed by atoms with Crippen molar-refractivity contribution in [2.24, 2.45) is 11.8 Å². The van der Waals surface area contributed by atoms with Crippen LogP contribution in [-0.2, 0) is 0 Å². The molecule has 4 heteroatoms. The van der Waals surface area contributed by atoms with Crippen molar-refractivity contribution in [3.8, 4) is 0 Å². The molecule has 6 aliphatic heterocycles. The smallest absolute Gasteiger partial charge is 0.0789 e. The summed E-state index contributed by atoms with van der Waals surface area (Å²) < 4.78 is 3.02. The second-order valence-electron chi connectivity index (χ2n) is 8.64. The highest BCUT2D eigenvalue weighted by Crippen LogP contribution is 2.35. The Kier molecular flexibility index (Phi) is 7.32. The summed E-state index contributed by atoms with van der Waals surface area (Å²) in [5, 5.41) is 0. The Morgan fingerprint density at radius 2 is 0.773 bits per heavy atom. The molecule has 0 atom stereocenters. The van der Waals surface area contributed by atoms with Crippen LogP contribution < -0.4 is 48.0 Å². The first-order valence-electron chi connectivity index (χ1n) is 9.48. The lowest BCUT2D eigenvalue weighted by Crippen LogP contribution is -3.00. The number of hydrogen-bond donors (Lipinski definition) is 0. The van der Waals surface area contributed by atoms with Gasteiger partial charge in [-0.05, 0) is 50.4 Å². The van der Waals surface area contributed by atoms with Gasteiger partial charge in [0.1, 0.15) is 0 Å². The molecular weight excluding hydrogens is 498 g/mol. The zero-order valence-corrected chi connectivity index (χ0v) is 18.4. The molecular formula is C18H34I2N2. The van der Waals surface area contributed by atoms with E-state index < -0.39 is 0 Å². The van der Waals surface area contributed by atoms with Crippen LogP contribution in [0.5, 0.6) is 0 Å². The second kappa shape index (κ2) is 8.17. The van der Waals surface area contributed by atoms with Crippen molar-refractivity contribution in [2.45, 2.75) is 51.4 Å². The lowest BCUT2D eigenvalue weighted by molar-refractivity contribution is -0.948. The summed E-state index contributed by atoms with van der Waals surface area (Å²) >= 11 is 0. The molecule has 6 heterocycles. The Morgan fingerprint density at radius 3 is 1.05 bits per heavy atom. The van der Waals surface area contributed by atoms with Gasteiger partial charge in [-0.1, -0.05) is 0 Å². The first-order chi connectivity index (χ1) is 9.78. The fraction of sp³-hybridized carbons (Fsp3) is 1.00. The van der Waals surface area contributed by atoms with E-state index in [2.05, 4.69) is 0 Å². The normalized spacial score (nSPS) is 42.5. The van der Waals surface area contributed by atoms with Gasteiger partial charge in [-0.15, -0.1) is 0 Å². The van der Waals surface area contributed by atoms with Crippen LogP contribution in [0, 0.1) is 11.8 Å². The van der Waals surface area contributed by atoms with E-state index in [-0.39, 0.29) is 48.0 Å². The van der Waals surface area contributed by atoms with Crippen molar-refractivity contribution in [1.82, 2.24) is 0 Å².